The zero-order chi connectivity index (χ0) is 21.3. The minimum atomic E-state index is -0.455. The highest BCUT2D eigenvalue weighted by atomic mass is 32.2. The van der Waals surface area contributed by atoms with Gasteiger partial charge in [-0.3, -0.25) is 9.69 Å². The largest absolute Gasteiger partial charge is 0.423 e. The van der Waals surface area contributed by atoms with E-state index in [0.717, 1.165) is 17.5 Å². The number of methoxy groups -OCH3 is 1. The number of rotatable bonds is 8. The van der Waals surface area contributed by atoms with Crippen LogP contribution in [0.2, 0.25) is 0 Å². The fourth-order valence-corrected chi connectivity index (χ4v) is 4.03. The van der Waals surface area contributed by atoms with E-state index in [2.05, 4.69) is 0 Å². The summed E-state index contributed by atoms with van der Waals surface area (Å²) in [5, 5.41) is 0. The fourth-order valence-electron chi connectivity index (χ4n) is 2.72. The van der Waals surface area contributed by atoms with E-state index >= 15 is 0 Å². The van der Waals surface area contributed by atoms with Crippen LogP contribution < -0.4 is 4.74 Å². The molecule has 1 aliphatic rings. The highest BCUT2D eigenvalue weighted by Crippen LogP contribution is 2.32. The quantitative estimate of drug-likeness (QED) is 0.198. The molecule has 1 heterocycles. The van der Waals surface area contributed by atoms with Crippen molar-refractivity contribution in [3.63, 3.8) is 0 Å². The number of thiocarbonyl (C=S) groups is 1. The van der Waals surface area contributed by atoms with E-state index in [1.165, 1.54) is 17.8 Å². The second-order valence-electron chi connectivity index (χ2n) is 6.41. The number of carbonyl (C=O) groups excluding carboxylic acids is 2. The number of nitrogens with zero attached hydrogens (tertiary/aromatic N) is 1. The molecular formula is C23H21NO4S2. The van der Waals surface area contributed by atoms with Crippen LogP contribution in [-0.4, -0.2) is 41.4 Å². The smallest absolute Gasteiger partial charge is 0.336 e. The number of ether oxygens (including phenoxy) is 2. The fraction of sp³-hybridized carbons (Fsp3) is 0.174. The van der Waals surface area contributed by atoms with Gasteiger partial charge in [-0.15, -0.1) is 0 Å². The minimum Gasteiger partial charge on any atom is -0.423 e. The first-order valence-electron chi connectivity index (χ1n) is 9.36. The Morgan fingerprint density at radius 3 is 2.53 bits per heavy atom. The summed E-state index contributed by atoms with van der Waals surface area (Å²) in [5.41, 5.74) is 1.75. The molecule has 3 rings (SSSR count). The van der Waals surface area contributed by atoms with Gasteiger partial charge in [0.25, 0.3) is 5.91 Å². The molecule has 0 atom stereocenters. The maximum atomic E-state index is 12.5. The minimum absolute atomic E-state index is 0.0948. The van der Waals surface area contributed by atoms with E-state index in [0.29, 0.717) is 28.1 Å². The Balaban J connectivity index is 1.59. The van der Waals surface area contributed by atoms with Crippen LogP contribution in [0.4, 0.5) is 0 Å². The maximum Gasteiger partial charge on any atom is 0.336 e. The van der Waals surface area contributed by atoms with Gasteiger partial charge in [0.05, 0.1) is 4.91 Å². The molecule has 0 bridgehead atoms. The Morgan fingerprint density at radius 1 is 1.10 bits per heavy atom. The highest BCUT2D eigenvalue weighted by molar-refractivity contribution is 8.26. The van der Waals surface area contributed by atoms with Gasteiger partial charge in [-0.2, -0.15) is 0 Å². The van der Waals surface area contributed by atoms with E-state index in [1.807, 2.05) is 30.3 Å². The lowest BCUT2D eigenvalue weighted by Gasteiger charge is -2.13. The molecule has 0 radical (unpaired) electrons. The Morgan fingerprint density at radius 2 is 1.83 bits per heavy atom. The Bertz CT molecular complexity index is 968. The highest BCUT2D eigenvalue weighted by Gasteiger charge is 2.31. The van der Waals surface area contributed by atoms with Crippen molar-refractivity contribution >= 4 is 52.3 Å². The van der Waals surface area contributed by atoms with E-state index in [1.54, 1.807) is 48.4 Å². The lowest BCUT2D eigenvalue weighted by Crippen LogP contribution is -2.29. The maximum absolute atomic E-state index is 12.5. The predicted octanol–water partition coefficient (Wildman–Crippen LogP) is 4.54. The van der Waals surface area contributed by atoms with Gasteiger partial charge in [0, 0.05) is 26.3 Å². The summed E-state index contributed by atoms with van der Waals surface area (Å²) < 4.78 is 10.9. The number of amides is 1. The number of thioether (sulfide) groups is 1. The second kappa shape index (κ2) is 10.9. The van der Waals surface area contributed by atoms with E-state index in [9.17, 15) is 9.59 Å². The zero-order valence-electron chi connectivity index (χ0n) is 16.4. The molecule has 1 saturated heterocycles. The van der Waals surface area contributed by atoms with Crippen LogP contribution in [0.15, 0.2) is 65.6 Å². The molecule has 2 aromatic carbocycles. The SMILES string of the molecule is COCCCN1C(=O)/C(=C\c2ccc(OC(=O)/C=C/c3ccccc3)cc2)SC1=S. The van der Waals surface area contributed by atoms with Crippen LogP contribution in [-0.2, 0) is 14.3 Å². The van der Waals surface area contributed by atoms with Crippen LogP contribution in [0.3, 0.4) is 0 Å². The van der Waals surface area contributed by atoms with Crippen LogP contribution in [0, 0.1) is 0 Å². The number of benzene rings is 2. The third kappa shape index (κ3) is 6.13. The Hall–Kier alpha value is -2.74. The third-order valence-corrected chi connectivity index (χ3v) is 5.59. The lowest BCUT2D eigenvalue weighted by atomic mass is 10.2. The molecule has 1 aliphatic heterocycles. The number of carbonyl (C=O) groups is 2. The second-order valence-corrected chi connectivity index (χ2v) is 8.09. The zero-order valence-corrected chi connectivity index (χ0v) is 18.1. The Kier molecular flexibility index (Phi) is 7.96. The molecule has 0 aromatic heterocycles. The van der Waals surface area contributed by atoms with Gasteiger partial charge in [-0.25, -0.2) is 4.79 Å². The molecule has 7 heteroatoms. The van der Waals surface area contributed by atoms with E-state index < -0.39 is 5.97 Å². The third-order valence-electron chi connectivity index (χ3n) is 4.21. The summed E-state index contributed by atoms with van der Waals surface area (Å²) in [4.78, 5) is 26.7. The first-order chi connectivity index (χ1) is 14.6. The Labute approximate surface area is 185 Å². The monoisotopic (exact) mass is 439 g/mol. The molecule has 0 saturated carbocycles. The summed E-state index contributed by atoms with van der Waals surface area (Å²) in [7, 11) is 1.63. The molecule has 0 unspecified atom stereocenters. The van der Waals surface area contributed by atoms with E-state index in [-0.39, 0.29) is 5.91 Å². The molecular weight excluding hydrogens is 418 g/mol. The molecule has 30 heavy (non-hydrogen) atoms. The van der Waals surface area contributed by atoms with Gasteiger partial charge in [0.2, 0.25) is 0 Å². The topological polar surface area (TPSA) is 55.8 Å². The molecule has 0 spiro atoms. The van der Waals surface area contributed by atoms with Crippen LogP contribution in [0.5, 0.6) is 5.75 Å². The van der Waals surface area contributed by atoms with Crippen molar-refractivity contribution in [2.75, 3.05) is 20.3 Å². The van der Waals surface area contributed by atoms with Crippen molar-refractivity contribution in [3.8, 4) is 5.75 Å². The summed E-state index contributed by atoms with van der Waals surface area (Å²) >= 11 is 6.60. The molecule has 1 fully saturated rings. The lowest BCUT2D eigenvalue weighted by molar-refractivity contribution is -0.129. The van der Waals surface area contributed by atoms with Crippen molar-refractivity contribution in [2.45, 2.75) is 6.42 Å². The average molecular weight is 440 g/mol. The molecule has 0 N–H and O–H groups in total. The molecule has 1 amide bonds. The summed E-state index contributed by atoms with van der Waals surface area (Å²) in [6.45, 7) is 1.12. The van der Waals surface area contributed by atoms with Crippen molar-refractivity contribution in [1.29, 1.82) is 0 Å². The van der Waals surface area contributed by atoms with Gasteiger partial charge in [-0.1, -0.05) is 66.4 Å². The van der Waals surface area contributed by atoms with Crippen LogP contribution in [0.25, 0.3) is 12.2 Å². The summed E-state index contributed by atoms with van der Waals surface area (Å²) in [6.07, 6.45) is 5.61. The van der Waals surface area contributed by atoms with Gasteiger partial charge >= 0.3 is 5.97 Å². The number of esters is 1. The van der Waals surface area contributed by atoms with Gasteiger partial charge in [0.15, 0.2) is 0 Å². The summed E-state index contributed by atoms with van der Waals surface area (Å²) in [5.74, 6) is -0.117. The predicted molar refractivity (Wildman–Crippen MR) is 124 cm³/mol. The molecule has 0 aliphatic carbocycles. The average Bonchev–Trinajstić information content (AvgIpc) is 3.02. The summed E-state index contributed by atoms with van der Waals surface area (Å²) in [6, 6.07) is 16.5. The van der Waals surface area contributed by atoms with E-state index in [4.69, 9.17) is 21.7 Å². The van der Waals surface area contributed by atoms with Gasteiger partial charge in [0.1, 0.15) is 10.1 Å². The van der Waals surface area contributed by atoms with Crippen molar-refractivity contribution in [3.05, 3.63) is 76.7 Å². The standard InChI is InChI=1S/C23H21NO4S2/c1-27-15-5-14-24-22(26)20(30-23(24)29)16-18-8-11-19(12-9-18)28-21(25)13-10-17-6-3-2-4-7-17/h2-4,6-13,16H,5,14-15H2,1H3/b13-10+,20-16+. The molecule has 154 valence electrons. The van der Waals surface area contributed by atoms with Crippen molar-refractivity contribution in [2.24, 2.45) is 0 Å². The van der Waals surface area contributed by atoms with Crippen molar-refractivity contribution < 1.29 is 19.1 Å². The van der Waals surface area contributed by atoms with Gasteiger partial charge < -0.3 is 9.47 Å². The van der Waals surface area contributed by atoms with Crippen molar-refractivity contribution in [1.82, 2.24) is 4.90 Å². The number of hydrogen-bond donors (Lipinski definition) is 0. The first-order valence-corrected chi connectivity index (χ1v) is 10.6. The van der Waals surface area contributed by atoms with Crippen LogP contribution in [0.1, 0.15) is 17.5 Å². The first kappa shape index (κ1) is 22.0. The normalized spacial score (nSPS) is 15.4. The molecule has 2 aromatic rings. The van der Waals surface area contributed by atoms with Gasteiger partial charge in [-0.05, 0) is 41.8 Å². The number of hydrogen-bond acceptors (Lipinski definition) is 6. The van der Waals surface area contributed by atoms with Crippen LogP contribution >= 0.6 is 24.0 Å². The molecule has 5 nitrogen and oxygen atoms in total.